The Hall–Kier alpha value is -3.26. The van der Waals surface area contributed by atoms with Crippen LogP contribution in [0.5, 0.6) is 0 Å². The maximum absolute atomic E-state index is 12.9. The van der Waals surface area contributed by atoms with Gasteiger partial charge in [0.25, 0.3) is 5.91 Å². The smallest absolute Gasteiger partial charge is 0.253 e. The number of nitrogen functional groups attached to an aromatic ring is 1. The maximum atomic E-state index is 12.9. The summed E-state index contributed by atoms with van der Waals surface area (Å²) in [6.07, 6.45) is 7.55. The van der Waals surface area contributed by atoms with Crippen LogP contribution < -0.4 is 5.73 Å². The van der Waals surface area contributed by atoms with Crippen molar-refractivity contribution in [2.24, 2.45) is 13.0 Å². The van der Waals surface area contributed by atoms with Gasteiger partial charge in [-0.25, -0.2) is 9.97 Å². The molecule has 1 aromatic carbocycles. The molecule has 3 N–H and O–H groups in total. The molecule has 0 spiro atoms. The summed E-state index contributed by atoms with van der Waals surface area (Å²) < 4.78 is 1.84. The van der Waals surface area contributed by atoms with Gasteiger partial charge in [0.05, 0.1) is 18.1 Å². The summed E-state index contributed by atoms with van der Waals surface area (Å²) in [6, 6.07) is 7.32. The van der Waals surface area contributed by atoms with Crippen LogP contribution >= 0.6 is 0 Å². The third-order valence-corrected chi connectivity index (χ3v) is 5.48. The second kappa shape index (κ2) is 8.00. The van der Waals surface area contributed by atoms with Crippen molar-refractivity contribution in [3.8, 4) is 11.3 Å². The Morgan fingerprint density at radius 2 is 1.93 bits per heavy atom. The van der Waals surface area contributed by atoms with Crippen molar-refractivity contribution < 1.29 is 9.90 Å². The molecule has 2 aromatic heterocycles. The number of hydrogen-bond donors (Lipinski definition) is 2. The first-order valence-corrected chi connectivity index (χ1v) is 9.65. The Kier molecular flexibility index (Phi) is 5.26. The molecule has 8 nitrogen and oxygen atoms in total. The van der Waals surface area contributed by atoms with E-state index in [9.17, 15) is 9.90 Å². The van der Waals surface area contributed by atoms with E-state index >= 15 is 0 Å². The quantitative estimate of drug-likeness (QED) is 0.703. The molecule has 3 heterocycles. The third-order valence-electron chi connectivity index (χ3n) is 5.48. The summed E-state index contributed by atoms with van der Waals surface area (Å²) in [7, 11) is 1.88. The molecule has 29 heavy (non-hydrogen) atoms. The molecule has 1 aliphatic heterocycles. The van der Waals surface area contributed by atoms with E-state index in [4.69, 9.17) is 5.73 Å². The number of imidazole rings is 1. The molecule has 0 bridgehead atoms. The lowest BCUT2D eigenvalue weighted by Crippen LogP contribution is -2.40. The molecule has 8 heteroatoms. The lowest BCUT2D eigenvalue weighted by molar-refractivity contribution is 0.0420. The number of aromatic nitrogens is 4. The SMILES string of the molecule is Cn1ccnc1C(O)C1CCN(C(=O)c2ccc(-c3cncc(N)n3)cc2)CC1. The zero-order valence-corrected chi connectivity index (χ0v) is 16.3. The summed E-state index contributed by atoms with van der Waals surface area (Å²) in [5.41, 5.74) is 7.85. The van der Waals surface area contributed by atoms with Gasteiger partial charge >= 0.3 is 0 Å². The molecule has 0 aliphatic carbocycles. The van der Waals surface area contributed by atoms with Crippen LogP contribution in [0, 0.1) is 5.92 Å². The number of piperidine rings is 1. The van der Waals surface area contributed by atoms with Gasteiger partial charge in [0.1, 0.15) is 17.7 Å². The number of amides is 1. The van der Waals surface area contributed by atoms with Crippen molar-refractivity contribution in [3.05, 3.63) is 60.4 Å². The van der Waals surface area contributed by atoms with Gasteiger partial charge in [-0.2, -0.15) is 0 Å². The molecular formula is C21H24N6O2. The molecule has 1 saturated heterocycles. The molecule has 1 unspecified atom stereocenters. The normalized spacial score (nSPS) is 16.0. The Bertz CT molecular complexity index is 992. The molecule has 1 amide bonds. The molecule has 1 fully saturated rings. The zero-order chi connectivity index (χ0) is 20.4. The number of nitrogens with two attached hydrogens (primary N) is 1. The number of rotatable bonds is 4. The molecule has 4 rings (SSSR count). The number of aliphatic hydroxyl groups is 1. The second-order valence-corrected chi connectivity index (χ2v) is 7.38. The number of nitrogens with zero attached hydrogens (tertiary/aromatic N) is 5. The van der Waals surface area contributed by atoms with Crippen molar-refractivity contribution in [2.45, 2.75) is 18.9 Å². The molecule has 0 saturated carbocycles. The van der Waals surface area contributed by atoms with Crippen LogP contribution in [0.15, 0.2) is 49.1 Å². The minimum atomic E-state index is -0.606. The van der Waals surface area contributed by atoms with Gasteiger partial charge in [0, 0.05) is 43.7 Å². The number of carbonyl (C=O) groups excluding carboxylic acids is 1. The lowest BCUT2D eigenvalue weighted by Gasteiger charge is -2.34. The molecule has 1 atom stereocenters. The van der Waals surface area contributed by atoms with Gasteiger partial charge in [0.2, 0.25) is 0 Å². The summed E-state index contributed by atoms with van der Waals surface area (Å²) >= 11 is 0. The first-order chi connectivity index (χ1) is 14.0. The third kappa shape index (κ3) is 3.97. The number of benzene rings is 1. The van der Waals surface area contributed by atoms with Gasteiger partial charge < -0.3 is 20.3 Å². The average Bonchev–Trinajstić information content (AvgIpc) is 3.19. The highest BCUT2D eigenvalue weighted by Crippen LogP contribution is 2.30. The minimum Gasteiger partial charge on any atom is -0.385 e. The summed E-state index contributed by atoms with van der Waals surface area (Å²) in [4.78, 5) is 27.2. The average molecular weight is 392 g/mol. The fourth-order valence-electron chi connectivity index (χ4n) is 3.78. The maximum Gasteiger partial charge on any atom is 0.253 e. The van der Waals surface area contributed by atoms with Crippen LogP contribution in [0.25, 0.3) is 11.3 Å². The van der Waals surface area contributed by atoms with E-state index in [0.29, 0.717) is 36.0 Å². The molecule has 150 valence electrons. The monoisotopic (exact) mass is 392 g/mol. The van der Waals surface area contributed by atoms with E-state index < -0.39 is 6.10 Å². The van der Waals surface area contributed by atoms with Gasteiger partial charge in [-0.15, -0.1) is 0 Å². The number of carbonyl (C=O) groups is 1. The summed E-state index contributed by atoms with van der Waals surface area (Å²) in [5.74, 6) is 1.14. The minimum absolute atomic E-state index is 0.000131. The molecular weight excluding hydrogens is 368 g/mol. The number of aliphatic hydroxyl groups excluding tert-OH is 1. The first-order valence-electron chi connectivity index (χ1n) is 9.65. The van der Waals surface area contributed by atoms with Gasteiger partial charge in [-0.1, -0.05) is 12.1 Å². The molecule has 1 aliphatic rings. The topological polar surface area (TPSA) is 110 Å². The number of hydrogen-bond acceptors (Lipinski definition) is 6. The predicted molar refractivity (Wildman–Crippen MR) is 109 cm³/mol. The van der Waals surface area contributed by atoms with Crippen LogP contribution in [0.3, 0.4) is 0 Å². The van der Waals surface area contributed by atoms with E-state index in [-0.39, 0.29) is 11.8 Å². The number of likely N-dealkylation sites (tertiary alicyclic amines) is 1. The van der Waals surface area contributed by atoms with E-state index in [1.807, 2.05) is 34.8 Å². The molecule has 0 radical (unpaired) electrons. The fraction of sp³-hybridized carbons (Fsp3) is 0.333. The van der Waals surface area contributed by atoms with E-state index in [2.05, 4.69) is 15.0 Å². The van der Waals surface area contributed by atoms with Crippen molar-refractivity contribution in [1.29, 1.82) is 0 Å². The Morgan fingerprint density at radius 3 is 2.55 bits per heavy atom. The van der Waals surface area contributed by atoms with Crippen LogP contribution in [0.2, 0.25) is 0 Å². The summed E-state index contributed by atoms with van der Waals surface area (Å²) in [6.45, 7) is 1.24. The van der Waals surface area contributed by atoms with Crippen molar-refractivity contribution in [3.63, 3.8) is 0 Å². The highest BCUT2D eigenvalue weighted by molar-refractivity contribution is 5.94. The van der Waals surface area contributed by atoms with Crippen molar-refractivity contribution >= 4 is 11.7 Å². The van der Waals surface area contributed by atoms with Crippen LogP contribution in [-0.2, 0) is 7.05 Å². The van der Waals surface area contributed by atoms with Crippen molar-refractivity contribution in [1.82, 2.24) is 24.4 Å². The zero-order valence-electron chi connectivity index (χ0n) is 16.3. The highest BCUT2D eigenvalue weighted by Gasteiger charge is 2.30. The second-order valence-electron chi connectivity index (χ2n) is 7.38. The number of aryl methyl sites for hydroxylation is 1. The standard InChI is InChI=1S/C21H24N6O2/c1-26-11-8-24-20(26)19(28)15-6-9-27(10-7-15)21(29)16-4-2-14(3-5-16)17-12-23-13-18(22)25-17/h2-5,8,11-13,15,19,28H,6-7,9-10H2,1H3,(H2,22,25). The largest absolute Gasteiger partial charge is 0.385 e. The van der Waals surface area contributed by atoms with Crippen molar-refractivity contribution in [2.75, 3.05) is 18.8 Å². The van der Waals surface area contributed by atoms with Crippen LogP contribution in [0.4, 0.5) is 5.82 Å². The van der Waals surface area contributed by atoms with E-state index in [1.165, 1.54) is 6.20 Å². The highest BCUT2D eigenvalue weighted by atomic mass is 16.3. The lowest BCUT2D eigenvalue weighted by atomic mass is 9.90. The van der Waals surface area contributed by atoms with E-state index in [0.717, 1.165) is 18.4 Å². The van der Waals surface area contributed by atoms with Crippen LogP contribution in [0.1, 0.15) is 35.1 Å². The summed E-state index contributed by atoms with van der Waals surface area (Å²) in [5, 5.41) is 10.6. The van der Waals surface area contributed by atoms with E-state index in [1.54, 1.807) is 24.5 Å². The number of anilines is 1. The Labute approximate surface area is 169 Å². The van der Waals surface area contributed by atoms with Gasteiger partial charge in [-0.3, -0.25) is 9.78 Å². The Morgan fingerprint density at radius 1 is 1.21 bits per heavy atom. The first kappa shape index (κ1) is 19.1. The van der Waals surface area contributed by atoms with Crippen LogP contribution in [-0.4, -0.2) is 48.5 Å². The fourth-order valence-corrected chi connectivity index (χ4v) is 3.78. The predicted octanol–water partition coefficient (Wildman–Crippen LogP) is 2.05. The van der Waals surface area contributed by atoms with Gasteiger partial charge in [-0.05, 0) is 30.9 Å². The van der Waals surface area contributed by atoms with Gasteiger partial charge in [0.15, 0.2) is 0 Å². The Balaban J connectivity index is 1.39. The molecule has 3 aromatic rings.